The van der Waals surface area contributed by atoms with Gasteiger partial charge in [0.2, 0.25) is 5.95 Å². The van der Waals surface area contributed by atoms with Gasteiger partial charge in [0.1, 0.15) is 0 Å². The van der Waals surface area contributed by atoms with Crippen LogP contribution in [0, 0.1) is 11.9 Å². The Kier molecular flexibility index (Phi) is 7.18. The number of benzene rings is 1. The summed E-state index contributed by atoms with van der Waals surface area (Å²) >= 11 is 0. The van der Waals surface area contributed by atoms with Crippen molar-refractivity contribution in [2.75, 3.05) is 18.5 Å². The lowest BCUT2D eigenvalue weighted by molar-refractivity contribution is -0.143. The summed E-state index contributed by atoms with van der Waals surface area (Å²) in [5.74, 6) is -1.57. The van der Waals surface area contributed by atoms with Crippen LogP contribution in [-0.2, 0) is 12.4 Å². The topological polar surface area (TPSA) is 45.2 Å². The van der Waals surface area contributed by atoms with Crippen molar-refractivity contribution >= 4 is 11.6 Å². The second-order valence-electron chi connectivity index (χ2n) is 8.10. The molecule has 0 atom stereocenters. The van der Waals surface area contributed by atoms with Gasteiger partial charge in [-0.1, -0.05) is 0 Å². The fourth-order valence-electron chi connectivity index (χ4n) is 4.00. The lowest BCUT2D eigenvalue weighted by Gasteiger charge is -2.36. The fourth-order valence-corrected chi connectivity index (χ4v) is 4.00. The standard InChI is InChI=1S/C22H22F7N3O/c1-32(18-3-2-8-30-19(18)23)17-6-4-13(5-7-17)12-31-20(33)14-9-15(21(24,25)26)11-16(10-14)22(27,28)29/h2-3,8-11,13,17H,4-7,12H2,1H3,(H,31,33)/t13-,17+. The maximum Gasteiger partial charge on any atom is 0.416 e. The molecule has 1 aromatic carbocycles. The molecule has 2 aromatic rings. The number of alkyl halides is 6. The quantitative estimate of drug-likeness (QED) is 0.445. The number of hydrogen-bond acceptors (Lipinski definition) is 3. The number of aromatic nitrogens is 1. The van der Waals surface area contributed by atoms with E-state index < -0.39 is 40.9 Å². The first-order valence-corrected chi connectivity index (χ1v) is 10.3. The zero-order valence-corrected chi connectivity index (χ0v) is 17.6. The zero-order valence-electron chi connectivity index (χ0n) is 17.6. The lowest BCUT2D eigenvalue weighted by atomic mass is 9.85. The van der Waals surface area contributed by atoms with Crippen molar-refractivity contribution in [3.63, 3.8) is 0 Å². The number of nitrogens with one attached hydrogen (secondary N) is 1. The molecular formula is C22H22F7N3O. The van der Waals surface area contributed by atoms with Crippen LogP contribution < -0.4 is 10.2 Å². The molecule has 1 amide bonds. The Balaban J connectivity index is 1.60. The van der Waals surface area contributed by atoms with Gasteiger partial charge in [-0.25, -0.2) is 4.98 Å². The first kappa shape index (κ1) is 24.8. The molecule has 180 valence electrons. The van der Waals surface area contributed by atoms with Crippen LogP contribution in [0.2, 0.25) is 0 Å². The molecule has 1 aromatic heterocycles. The summed E-state index contributed by atoms with van der Waals surface area (Å²) in [4.78, 5) is 17.8. The highest BCUT2D eigenvalue weighted by molar-refractivity contribution is 5.94. The third-order valence-electron chi connectivity index (χ3n) is 5.88. The second kappa shape index (κ2) is 9.56. The molecule has 1 N–H and O–H groups in total. The highest BCUT2D eigenvalue weighted by Crippen LogP contribution is 2.36. The molecule has 1 aliphatic rings. The predicted octanol–water partition coefficient (Wildman–Crippen LogP) is 5.68. The van der Waals surface area contributed by atoms with E-state index in [1.807, 2.05) is 0 Å². The van der Waals surface area contributed by atoms with E-state index in [2.05, 4.69) is 10.3 Å². The third-order valence-corrected chi connectivity index (χ3v) is 5.88. The molecular weight excluding hydrogens is 455 g/mol. The van der Waals surface area contributed by atoms with Crippen LogP contribution in [0.3, 0.4) is 0 Å². The number of nitrogens with zero attached hydrogens (tertiary/aromatic N) is 2. The highest BCUT2D eigenvalue weighted by Gasteiger charge is 2.37. The molecule has 0 radical (unpaired) electrons. The minimum Gasteiger partial charge on any atom is -0.368 e. The number of carbonyl (C=O) groups is 1. The summed E-state index contributed by atoms with van der Waals surface area (Å²) < 4.78 is 91.9. The average Bonchev–Trinajstić information content (AvgIpc) is 2.76. The number of anilines is 1. The van der Waals surface area contributed by atoms with Gasteiger partial charge in [0, 0.05) is 31.4 Å². The largest absolute Gasteiger partial charge is 0.416 e. The summed E-state index contributed by atoms with van der Waals surface area (Å²) in [5, 5.41) is 2.45. The van der Waals surface area contributed by atoms with Crippen LogP contribution in [0.15, 0.2) is 36.5 Å². The van der Waals surface area contributed by atoms with Crippen molar-refractivity contribution in [2.24, 2.45) is 5.92 Å². The van der Waals surface area contributed by atoms with Gasteiger partial charge in [0.05, 0.1) is 16.8 Å². The van der Waals surface area contributed by atoms with Gasteiger partial charge in [-0.2, -0.15) is 30.7 Å². The van der Waals surface area contributed by atoms with Crippen molar-refractivity contribution in [3.8, 4) is 0 Å². The highest BCUT2D eigenvalue weighted by atomic mass is 19.4. The van der Waals surface area contributed by atoms with E-state index in [1.54, 1.807) is 24.1 Å². The van der Waals surface area contributed by atoms with E-state index in [4.69, 9.17) is 0 Å². The van der Waals surface area contributed by atoms with Crippen LogP contribution in [0.4, 0.5) is 36.4 Å². The maximum absolute atomic E-state index is 13.9. The van der Waals surface area contributed by atoms with Gasteiger partial charge in [-0.3, -0.25) is 4.79 Å². The van der Waals surface area contributed by atoms with Crippen LogP contribution in [0.1, 0.15) is 47.2 Å². The fraction of sp³-hybridized carbons (Fsp3) is 0.455. The Labute approximate surface area is 185 Å². The number of halogens is 7. The summed E-state index contributed by atoms with van der Waals surface area (Å²) in [6.45, 7) is 0.119. The molecule has 0 bridgehead atoms. The molecule has 1 saturated carbocycles. The smallest absolute Gasteiger partial charge is 0.368 e. The van der Waals surface area contributed by atoms with Crippen LogP contribution in [0.25, 0.3) is 0 Å². The van der Waals surface area contributed by atoms with E-state index >= 15 is 0 Å². The van der Waals surface area contributed by atoms with E-state index in [-0.39, 0.29) is 24.6 Å². The SMILES string of the molecule is CN(c1cccnc1F)[C@H]1CC[C@@H](CNC(=O)c2cc(C(F)(F)F)cc(C(F)(F)F)c2)CC1. The normalized spacial score (nSPS) is 19.3. The molecule has 0 unspecified atom stereocenters. The van der Waals surface area contributed by atoms with Crippen molar-refractivity contribution in [3.05, 3.63) is 59.2 Å². The van der Waals surface area contributed by atoms with Crippen molar-refractivity contribution < 1.29 is 35.5 Å². The van der Waals surface area contributed by atoms with Crippen molar-refractivity contribution in [1.29, 1.82) is 0 Å². The summed E-state index contributed by atoms with van der Waals surface area (Å²) in [6, 6.07) is 4.12. The first-order chi connectivity index (χ1) is 15.4. The van der Waals surface area contributed by atoms with Crippen LogP contribution in [0.5, 0.6) is 0 Å². The van der Waals surface area contributed by atoms with Crippen LogP contribution in [-0.4, -0.2) is 30.5 Å². The zero-order chi connectivity index (χ0) is 24.4. The number of pyridine rings is 1. The summed E-state index contributed by atoms with van der Waals surface area (Å²) in [7, 11) is 1.76. The van der Waals surface area contributed by atoms with E-state index in [1.165, 1.54) is 6.20 Å². The number of carbonyl (C=O) groups excluding carboxylic acids is 1. The molecule has 33 heavy (non-hydrogen) atoms. The van der Waals surface area contributed by atoms with Gasteiger partial charge in [-0.05, 0) is 61.9 Å². The Morgan fingerprint density at radius 1 is 1.03 bits per heavy atom. The molecule has 1 aliphatic carbocycles. The van der Waals surface area contributed by atoms with Crippen molar-refractivity contribution in [1.82, 2.24) is 10.3 Å². The van der Waals surface area contributed by atoms with E-state index in [0.717, 1.165) is 0 Å². The minimum absolute atomic E-state index is 0.00484. The third kappa shape index (κ3) is 6.14. The van der Waals surface area contributed by atoms with Crippen LogP contribution >= 0.6 is 0 Å². The predicted molar refractivity (Wildman–Crippen MR) is 107 cm³/mol. The minimum atomic E-state index is -5.02. The van der Waals surface area contributed by atoms with Gasteiger partial charge >= 0.3 is 12.4 Å². The number of hydrogen-bond donors (Lipinski definition) is 1. The molecule has 0 spiro atoms. The summed E-state index contributed by atoms with van der Waals surface area (Å²) in [6.07, 6.45) is -5.99. The Morgan fingerprint density at radius 2 is 1.61 bits per heavy atom. The lowest BCUT2D eigenvalue weighted by Crippen LogP contribution is -2.38. The second-order valence-corrected chi connectivity index (χ2v) is 8.10. The van der Waals surface area contributed by atoms with Gasteiger partial charge < -0.3 is 10.2 Å². The molecule has 3 rings (SSSR count). The molecule has 1 heterocycles. The number of rotatable bonds is 5. The maximum atomic E-state index is 13.9. The Hall–Kier alpha value is -2.85. The Bertz CT molecular complexity index is 950. The Morgan fingerprint density at radius 3 is 2.12 bits per heavy atom. The van der Waals surface area contributed by atoms with Crippen molar-refractivity contribution in [2.45, 2.75) is 44.1 Å². The molecule has 0 saturated heterocycles. The number of amides is 1. The molecule has 1 fully saturated rings. The molecule has 0 aliphatic heterocycles. The molecule has 4 nitrogen and oxygen atoms in total. The van der Waals surface area contributed by atoms with Gasteiger partial charge in [-0.15, -0.1) is 0 Å². The van der Waals surface area contributed by atoms with E-state index in [0.29, 0.717) is 43.5 Å². The van der Waals surface area contributed by atoms with E-state index in [9.17, 15) is 35.5 Å². The summed E-state index contributed by atoms with van der Waals surface area (Å²) in [5.41, 5.74) is -3.39. The molecule has 11 heteroatoms. The van der Waals surface area contributed by atoms with Gasteiger partial charge in [0.25, 0.3) is 5.91 Å². The monoisotopic (exact) mass is 477 g/mol. The average molecular weight is 477 g/mol. The van der Waals surface area contributed by atoms with Gasteiger partial charge in [0.15, 0.2) is 0 Å². The first-order valence-electron chi connectivity index (χ1n) is 10.3.